The summed E-state index contributed by atoms with van der Waals surface area (Å²) in [4.78, 5) is 16.9. The van der Waals surface area contributed by atoms with Crippen LogP contribution in [0.4, 0.5) is 0 Å². The standard InChI is InChI=1S/C22H21N3O2/c1-4-5-15-8-10-18(22(26)27-3)21-19(15)13-24-25(21)14(2)17-9-11-20(23-12-17)16-6-7-16/h8-14,16H,6-7H2,1-3H3. The fraction of sp³-hybridized carbons (Fsp3) is 0.318. The van der Waals surface area contributed by atoms with E-state index < -0.39 is 0 Å². The number of ether oxygens (including phenoxy) is 1. The van der Waals surface area contributed by atoms with Crippen molar-refractivity contribution in [2.75, 3.05) is 7.11 Å². The molecule has 0 radical (unpaired) electrons. The van der Waals surface area contributed by atoms with Gasteiger partial charge in [0.05, 0.1) is 30.4 Å². The van der Waals surface area contributed by atoms with Crippen molar-refractivity contribution in [1.29, 1.82) is 0 Å². The molecule has 1 atom stereocenters. The number of nitrogens with zero attached hydrogens (tertiary/aromatic N) is 3. The second-order valence-corrected chi connectivity index (χ2v) is 6.85. The van der Waals surface area contributed by atoms with Gasteiger partial charge in [-0.1, -0.05) is 12.0 Å². The Bertz CT molecular complexity index is 1070. The maximum absolute atomic E-state index is 12.3. The van der Waals surface area contributed by atoms with Gasteiger partial charge in [0.2, 0.25) is 0 Å². The minimum Gasteiger partial charge on any atom is -0.465 e. The Kier molecular flexibility index (Phi) is 4.41. The molecule has 1 aromatic carbocycles. The quantitative estimate of drug-likeness (QED) is 0.520. The van der Waals surface area contributed by atoms with Gasteiger partial charge in [0.25, 0.3) is 0 Å². The summed E-state index contributed by atoms with van der Waals surface area (Å²) >= 11 is 0. The summed E-state index contributed by atoms with van der Waals surface area (Å²) in [7, 11) is 1.39. The molecule has 2 aromatic heterocycles. The van der Waals surface area contributed by atoms with Gasteiger partial charge in [0.1, 0.15) is 0 Å². The van der Waals surface area contributed by atoms with E-state index in [1.807, 2.05) is 16.9 Å². The molecule has 136 valence electrons. The molecule has 27 heavy (non-hydrogen) atoms. The first-order chi connectivity index (χ1) is 13.1. The SMILES string of the molecule is CC#Cc1ccc(C(=O)OC)c2c1cnn2C(C)c1ccc(C2CC2)nc1. The lowest BCUT2D eigenvalue weighted by Gasteiger charge is -2.16. The van der Waals surface area contributed by atoms with Crippen LogP contribution in [0.5, 0.6) is 0 Å². The van der Waals surface area contributed by atoms with Crippen molar-refractivity contribution in [3.63, 3.8) is 0 Å². The summed E-state index contributed by atoms with van der Waals surface area (Å²) in [5.74, 6) is 6.25. The first-order valence-electron chi connectivity index (χ1n) is 9.11. The van der Waals surface area contributed by atoms with Crippen LogP contribution < -0.4 is 0 Å². The smallest absolute Gasteiger partial charge is 0.340 e. The van der Waals surface area contributed by atoms with Gasteiger partial charge in [-0.2, -0.15) is 5.10 Å². The normalized spacial score (nSPS) is 14.5. The number of hydrogen-bond acceptors (Lipinski definition) is 4. The fourth-order valence-corrected chi connectivity index (χ4v) is 3.40. The van der Waals surface area contributed by atoms with E-state index in [0.29, 0.717) is 11.5 Å². The summed E-state index contributed by atoms with van der Waals surface area (Å²) in [6.45, 7) is 3.85. The molecular weight excluding hydrogens is 338 g/mol. The molecule has 0 aliphatic heterocycles. The Hall–Kier alpha value is -3.13. The maximum atomic E-state index is 12.3. The number of rotatable bonds is 4. The van der Waals surface area contributed by atoms with Gasteiger partial charge < -0.3 is 4.74 Å². The Labute approximate surface area is 158 Å². The number of methoxy groups -OCH3 is 1. The summed E-state index contributed by atoms with van der Waals surface area (Å²) in [5.41, 5.74) is 4.28. The van der Waals surface area contributed by atoms with Crippen LogP contribution in [-0.4, -0.2) is 27.8 Å². The molecule has 1 fully saturated rings. The highest BCUT2D eigenvalue weighted by Crippen LogP contribution is 2.39. The maximum Gasteiger partial charge on any atom is 0.340 e. The van der Waals surface area contributed by atoms with Crippen molar-refractivity contribution < 1.29 is 9.53 Å². The topological polar surface area (TPSA) is 57.0 Å². The lowest BCUT2D eigenvalue weighted by atomic mass is 10.0. The van der Waals surface area contributed by atoms with Crippen LogP contribution in [-0.2, 0) is 4.74 Å². The number of esters is 1. The Morgan fingerprint density at radius 2 is 2.07 bits per heavy atom. The zero-order chi connectivity index (χ0) is 19.0. The summed E-state index contributed by atoms with van der Waals surface area (Å²) in [5, 5.41) is 5.42. The first kappa shape index (κ1) is 17.3. The third-order valence-corrected chi connectivity index (χ3v) is 5.08. The largest absolute Gasteiger partial charge is 0.465 e. The molecule has 0 N–H and O–H groups in total. The predicted molar refractivity (Wildman–Crippen MR) is 104 cm³/mol. The minimum atomic E-state index is -0.382. The van der Waals surface area contributed by atoms with Crippen molar-refractivity contribution in [1.82, 2.24) is 14.8 Å². The van der Waals surface area contributed by atoms with Gasteiger partial charge in [0, 0.05) is 28.8 Å². The van der Waals surface area contributed by atoms with E-state index in [0.717, 1.165) is 27.7 Å². The van der Waals surface area contributed by atoms with Crippen LogP contribution >= 0.6 is 0 Å². The molecule has 4 rings (SSSR count). The highest BCUT2D eigenvalue weighted by atomic mass is 16.5. The number of hydrogen-bond donors (Lipinski definition) is 0. The lowest BCUT2D eigenvalue weighted by Crippen LogP contribution is -2.12. The van der Waals surface area contributed by atoms with E-state index in [9.17, 15) is 4.79 Å². The third kappa shape index (κ3) is 3.08. The zero-order valence-corrected chi connectivity index (χ0v) is 15.7. The van der Waals surface area contributed by atoms with E-state index in [2.05, 4.69) is 41.0 Å². The van der Waals surface area contributed by atoms with Crippen molar-refractivity contribution in [2.24, 2.45) is 0 Å². The van der Waals surface area contributed by atoms with E-state index in [1.54, 1.807) is 19.2 Å². The molecule has 5 heteroatoms. The fourth-order valence-electron chi connectivity index (χ4n) is 3.40. The molecule has 0 spiro atoms. The van der Waals surface area contributed by atoms with Crippen LogP contribution in [0.25, 0.3) is 10.9 Å². The molecule has 0 amide bonds. The Morgan fingerprint density at radius 1 is 1.26 bits per heavy atom. The van der Waals surface area contributed by atoms with Crippen molar-refractivity contribution in [3.05, 3.63) is 59.0 Å². The van der Waals surface area contributed by atoms with E-state index >= 15 is 0 Å². The molecule has 0 saturated heterocycles. The number of pyridine rings is 1. The number of carbonyl (C=O) groups excluding carboxylic acids is 1. The lowest BCUT2D eigenvalue weighted by molar-refractivity contribution is 0.0602. The molecule has 1 aliphatic rings. The zero-order valence-electron chi connectivity index (χ0n) is 15.7. The molecule has 1 unspecified atom stereocenters. The summed E-state index contributed by atoms with van der Waals surface area (Å²) < 4.78 is 6.83. The molecule has 3 aromatic rings. The summed E-state index contributed by atoms with van der Waals surface area (Å²) in [6, 6.07) is 7.73. The van der Waals surface area contributed by atoms with Crippen LogP contribution in [0.2, 0.25) is 0 Å². The van der Waals surface area contributed by atoms with Crippen LogP contribution in [0.3, 0.4) is 0 Å². The van der Waals surface area contributed by atoms with Gasteiger partial charge in [-0.05, 0) is 50.5 Å². The molecular formula is C22H21N3O2. The van der Waals surface area contributed by atoms with Crippen molar-refractivity contribution in [3.8, 4) is 11.8 Å². The van der Waals surface area contributed by atoms with Gasteiger partial charge in [-0.25, -0.2) is 4.79 Å². The Morgan fingerprint density at radius 3 is 2.70 bits per heavy atom. The second kappa shape index (κ2) is 6.88. The van der Waals surface area contributed by atoms with E-state index in [-0.39, 0.29) is 12.0 Å². The third-order valence-electron chi connectivity index (χ3n) is 5.08. The second-order valence-electron chi connectivity index (χ2n) is 6.85. The minimum absolute atomic E-state index is 0.0727. The van der Waals surface area contributed by atoms with Gasteiger partial charge >= 0.3 is 5.97 Å². The Balaban J connectivity index is 1.83. The average molecular weight is 359 g/mol. The number of aromatic nitrogens is 3. The molecule has 2 heterocycles. The number of carbonyl (C=O) groups is 1. The summed E-state index contributed by atoms with van der Waals surface area (Å²) in [6.07, 6.45) is 6.15. The highest BCUT2D eigenvalue weighted by molar-refractivity contribution is 6.04. The van der Waals surface area contributed by atoms with Crippen molar-refractivity contribution >= 4 is 16.9 Å². The van der Waals surface area contributed by atoms with Crippen LogP contribution in [0, 0.1) is 11.8 Å². The van der Waals surface area contributed by atoms with Gasteiger partial charge in [-0.15, -0.1) is 5.92 Å². The first-order valence-corrected chi connectivity index (χ1v) is 9.11. The number of fused-ring (bicyclic) bond motifs is 1. The van der Waals surface area contributed by atoms with Gasteiger partial charge in [-0.3, -0.25) is 9.67 Å². The molecule has 1 aliphatic carbocycles. The van der Waals surface area contributed by atoms with Crippen molar-refractivity contribution in [2.45, 2.75) is 38.6 Å². The van der Waals surface area contributed by atoms with E-state index in [4.69, 9.17) is 4.74 Å². The van der Waals surface area contributed by atoms with E-state index in [1.165, 1.54) is 20.0 Å². The van der Waals surface area contributed by atoms with Crippen LogP contribution in [0.1, 0.15) is 65.8 Å². The average Bonchev–Trinajstić information content (AvgIpc) is 3.46. The highest BCUT2D eigenvalue weighted by Gasteiger charge is 2.25. The number of benzene rings is 1. The monoisotopic (exact) mass is 359 g/mol. The van der Waals surface area contributed by atoms with Crippen LogP contribution in [0.15, 0.2) is 36.7 Å². The molecule has 5 nitrogen and oxygen atoms in total. The predicted octanol–water partition coefficient (Wildman–Crippen LogP) is 4.08. The van der Waals surface area contributed by atoms with Gasteiger partial charge in [0.15, 0.2) is 0 Å². The molecule has 0 bridgehead atoms. The molecule has 1 saturated carbocycles.